The number of nitrogens with zero attached hydrogens (tertiary/aromatic N) is 1. The van der Waals surface area contributed by atoms with Crippen LogP contribution in [-0.2, 0) is 0 Å². The maximum absolute atomic E-state index is 9.95. The molecule has 0 spiro atoms. The number of para-hydroxylation sites is 1. The molecule has 1 N–H and O–H groups in total. The summed E-state index contributed by atoms with van der Waals surface area (Å²) in [5, 5.41) is 9.95. The molecule has 2 rings (SSSR count). The quantitative estimate of drug-likeness (QED) is 0.553. The van der Waals surface area contributed by atoms with Gasteiger partial charge in [0.15, 0.2) is 0 Å². The van der Waals surface area contributed by atoms with Crippen molar-refractivity contribution >= 4 is 50.4 Å². The summed E-state index contributed by atoms with van der Waals surface area (Å²) in [4.78, 5) is 4.41. The van der Waals surface area contributed by atoms with Crippen molar-refractivity contribution in [1.29, 1.82) is 0 Å². The summed E-state index contributed by atoms with van der Waals surface area (Å²) in [5.74, 6) is 0.260. The maximum Gasteiger partial charge on any atom is 0.137 e. The van der Waals surface area contributed by atoms with E-state index < -0.39 is 0 Å². The zero-order valence-electron chi connectivity index (χ0n) is 9.69. The normalized spacial score (nSPS) is 11.1. The number of hydrogen-bond acceptors (Lipinski definition) is 2. The highest BCUT2D eigenvalue weighted by Crippen LogP contribution is 2.28. The van der Waals surface area contributed by atoms with E-state index in [1.807, 2.05) is 43.3 Å². The highest BCUT2D eigenvalue weighted by molar-refractivity contribution is 14.1. The van der Waals surface area contributed by atoms with E-state index in [1.165, 1.54) is 0 Å². The fourth-order valence-electron chi connectivity index (χ4n) is 1.53. The van der Waals surface area contributed by atoms with Crippen LogP contribution < -0.4 is 0 Å². The first kappa shape index (κ1) is 13.5. The molecule has 0 aliphatic carbocycles. The second-order valence-electron chi connectivity index (χ2n) is 3.87. The minimum atomic E-state index is 0.260. The smallest absolute Gasteiger partial charge is 0.137 e. The van der Waals surface area contributed by atoms with Gasteiger partial charge in [0.1, 0.15) is 5.75 Å². The van der Waals surface area contributed by atoms with Gasteiger partial charge in [0, 0.05) is 16.3 Å². The van der Waals surface area contributed by atoms with E-state index in [9.17, 15) is 5.11 Å². The molecule has 2 nitrogen and oxygen atoms in total. The van der Waals surface area contributed by atoms with Crippen molar-refractivity contribution in [3.05, 3.63) is 55.6 Å². The molecular formula is C14H11BrINO. The molecule has 0 unspecified atom stereocenters. The highest BCUT2D eigenvalue weighted by Gasteiger charge is 2.05. The van der Waals surface area contributed by atoms with E-state index in [-0.39, 0.29) is 5.75 Å². The summed E-state index contributed by atoms with van der Waals surface area (Å²) in [6.45, 7) is 2.01. The first-order valence-electron chi connectivity index (χ1n) is 5.35. The second kappa shape index (κ2) is 5.84. The van der Waals surface area contributed by atoms with Gasteiger partial charge >= 0.3 is 0 Å². The van der Waals surface area contributed by atoms with Crippen LogP contribution in [0.3, 0.4) is 0 Å². The van der Waals surface area contributed by atoms with Gasteiger partial charge in [-0.25, -0.2) is 0 Å². The number of phenolic OH excluding ortho intramolecular Hbond substituents is 1. The lowest BCUT2D eigenvalue weighted by atomic mass is 10.2. The molecule has 0 bridgehead atoms. The molecule has 4 heteroatoms. The molecule has 0 fully saturated rings. The fourth-order valence-corrected chi connectivity index (χ4v) is 3.08. The number of aryl methyl sites for hydroxylation is 1. The lowest BCUT2D eigenvalue weighted by Crippen LogP contribution is -1.86. The number of phenols is 1. The third-order valence-corrected chi connectivity index (χ3v) is 3.80. The molecule has 0 heterocycles. The molecule has 0 aliphatic heterocycles. The Morgan fingerprint density at radius 1 is 1.28 bits per heavy atom. The summed E-state index contributed by atoms with van der Waals surface area (Å²) in [5.41, 5.74) is 2.72. The molecule has 0 saturated carbocycles. The summed E-state index contributed by atoms with van der Waals surface area (Å²) in [6.07, 6.45) is 1.69. The van der Waals surface area contributed by atoms with Crippen molar-refractivity contribution in [1.82, 2.24) is 0 Å². The average Bonchev–Trinajstić information content (AvgIpc) is 2.33. The van der Waals surface area contributed by atoms with Crippen LogP contribution in [-0.4, -0.2) is 11.3 Å². The molecule has 2 aromatic carbocycles. The number of hydrogen-bond donors (Lipinski definition) is 1. The van der Waals surface area contributed by atoms with Crippen molar-refractivity contribution in [3.63, 3.8) is 0 Å². The number of aliphatic imine (C=N–C) groups is 1. The van der Waals surface area contributed by atoms with Crippen molar-refractivity contribution < 1.29 is 5.11 Å². The van der Waals surface area contributed by atoms with Crippen LogP contribution in [0.5, 0.6) is 5.75 Å². The monoisotopic (exact) mass is 415 g/mol. The van der Waals surface area contributed by atoms with Crippen LogP contribution in [0, 0.1) is 10.5 Å². The van der Waals surface area contributed by atoms with E-state index in [2.05, 4.69) is 43.5 Å². The van der Waals surface area contributed by atoms with E-state index in [0.29, 0.717) is 5.56 Å². The molecule has 0 aliphatic rings. The third kappa shape index (κ3) is 3.11. The number of benzene rings is 2. The lowest BCUT2D eigenvalue weighted by Gasteiger charge is -2.03. The van der Waals surface area contributed by atoms with Crippen molar-refractivity contribution in [3.8, 4) is 5.75 Å². The first-order valence-corrected chi connectivity index (χ1v) is 7.23. The molecule has 0 amide bonds. The van der Waals surface area contributed by atoms with Crippen molar-refractivity contribution in [2.45, 2.75) is 6.92 Å². The van der Waals surface area contributed by atoms with Crippen molar-refractivity contribution in [2.24, 2.45) is 4.99 Å². The molecule has 0 saturated heterocycles. The summed E-state index contributed by atoms with van der Waals surface area (Å²) >= 11 is 5.51. The summed E-state index contributed by atoms with van der Waals surface area (Å²) in [7, 11) is 0. The van der Waals surface area contributed by atoms with Crippen molar-refractivity contribution in [2.75, 3.05) is 0 Å². The molecular weight excluding hydrogens is 405 g/mol. The van der Waals surface area contributed by atoms with Gasteiger partial charge < -0.3 is 5.11 Å². The molecule has 0 atom stereocenters. The molecule has 0 radical (unpaired) electrons. The Morgan fingerprint density at radius 3 is 2.72 bits per heavy atom. The Balaban J connectivity index is 2.38. The summed E-state index contributed by atoms with van der Waals surface area (Å²) in [6, 6.07) is 11.6. The minimum Gasteiger partial charge on any atom is -0.506 e. The van der Waals surface area contributed by atoms with E-state index in [1.54, 1.807) is 6.21 Å². The zero-order chi connectivity index (χ0) is 13.1. The lowest BCUT2D eigenvalue weighted by molar-refractivity contribution is 0.470. The average molecular weight is 416 g/mol. The number of aromatic hydroxyl groups is 1. The summed E-state index contributed by atoms with van der Waals surface area (Å²) < 4.78 is 1.73. The first-order chi connectivity index (χ1) is 8.58. The Labute approximate surface area is 128 Å². The predicted octanol–water partition coefficient (Wildman–Crippen LogP) is 4.82. The Kier molecular flexibility index (Phi) is 4.40. The highest BCUT2D eigenvalue weighted by atomic mass is 127. The van der Waals surface area contributed by atoms with Gasteiger partial charge in [0.25, 0.3) is 0 Å². The Hall–Kier alpha value is -0.880. The van der Waals surface area contributed by atoms with Gasteiger partial charge in [-0.15, -0.1) is 0 Å². The van der Waals surface area contributed by atoms with Gasteiger partial charge in [0.05, 0.1) is 9.26 Å². The zero-order valence-corrected chi connectivity index (χ0v) is 13.4. The Bertz CT molecular complexity index is 611. The van der Waals surface area contributed by atoms with E-state index in [0.717, 1.165) is 19.3 Å². The number of halogens is 2. The fraction of sp³-hybridized carbons (Fsp3) is 0.0714. The van der Waals surface area contributed by atoms with Gasteiger partial charge in [-0.2, -0.15) is 0 Å². The van der Waals surface area contributed by atoms with Gasteiger partial charge in [-0.05, 0) is 53.3 Å². The largest absolute Gasteiger partial charge is 0.506 e. The Morgan fingerprint density at radius 2 is 2.00 bits per heavy atom. The van der Waals surface area contributed by atoms with E-state index >= 15 is 0 Å². The molecule has 2 aromatic rings. The molecule has 92 valence electrons. The predicted molar refractivity (Wildman–Crippen MR) is 87.0 cm³/mol. The molecule has 18 heavy (non-hydrogen) atoms. The van der Waals surface area contributed by atoms with Crippen LogP contribution >= 0.6 is 38.5 Å². The standard InChI is InChI=1S/C14H11BrINO/c1-9-4-2-3-5-13(9)17-8-10-6-11(15)7-12(16)14(10)18/h2-8,18H,1H3. The maximum atomic E-state index is 9.95. The van der Waals surface area contributed by atoms with Crippen LogP contribution in [0.1, 0.15) is 11.1 Å². The topological polar surface area (TPSA) is 32.6 Å². The number of rotatable bonds is 2. The SMILES string of the molecule is Cc1ccccc1N=Cc1cc(Br)cc(I)c1O. The van der Waals surface area contributed by atoms with Crippen LogP contribution in [0.25, 0.3) is 0 Å². The van der Waals surface area contributed by atoms with Crippen LogP contribution in [0.15, 0.2) is 45.9 Å². The van der Waals surface area contributed by atoms with Gasteiger partial charge in [-0.1, -0.05) is 34.1 Å². The molecule has 0 aromatic heterocycles. The van der Waals surface area contributed by atoms with Gasteiger partial charge in [0.2, 0.25) is 0 Å². The second-order valence-corrected chi connectivity index (χ2v) is 5.95. The van der Waals surface area contributed by atoms with Crippen LogP contribution in [0.2, 0.25) is 0 Å². The van der Waals surface area contributed by atoms with Crippen LogP contribution in [0.4, 0.5) is 5.69 Å². The van der Waals surface area contributed by atoms with E-state index in [4.69, 9.17) is 0 Å². The van der Waals surface area contributed by atoms with Gasteiger partial charge in [-0.3, -0.25) is 4.99 Å². The third-order valence-electron chi connectivity index (χ3n) is 2.52. The minimum absolute atomic E-state index is 0.260.